The van der Waals surface area contributed by atoms with Gasteiger partial charge in [0.2, 0.25) is 5.88 Å². The summed E-state index contributed by atoms with van der Waals surface area (Å²) in [5.41, 5.74) is 7.55. The normalized spacial score (nSPS) is 12.6. The van der Waals surface area contributed by atoms with Crippen LogP contribution in [0.3, 0.4) is 0 Å². The van der Waals surface area contributed by atoms with Gasteiger partial charge in [-0.05, 0) is 5.56 Å². The standard InChI is InChI=1S/C11H12N2O3/c12-11-5-9(13-16-11)7-1-3-8(4-2-7)10(15)6-14/h1-5,10,14-15H,6,12H2. The van der Waals surface area contributed by atoms with E-state index in [-0.39, 0.29) is 12.5 Å². The highest BCUT2D eigenvalue weighted by Crippen LogP contribution is 2.22. The van der Waals surface area contributed by atoms with E-state index in [0.29, 0.717) is 11.3 Å². The van der Waals surface area contributed by atoms with Gasteiger partial charge in [-0.15, -0.1) is 0 Å². The van der Waals surface area contributed by atoms with Crippen LogP contribution < -0.4 is 5.73 Å². The smallest absolute Gasteiger partial charge is 0.222 e. The van der Waals surface area contributed by atoms with Crippen molar-refractivity contribution in [1.82, 2.24) is 5.16 Å². The zero-order valence-corrected chi connectivity index (χ0v) is 8.50. The minimum Gasteiger partial charge on any atom is -0.393 e. The molecule has 4 N–H and O–H groups in total. The van der Waals surface area contributed by atoms with E-state index >= 15 is 0 Å². The SMILES string of the molecule is Nc1cc(-c2ccc(C(O)CO)cc2)no1. The number of rotatable bonds is 3. The second-order valence-corrected chi connectivity index (χ2v) is 3.43. The second-order valence-electron chi connectivity index (χ2n) is 3.43. The number of anilines is 1. The molecule has 1 heterocycles. The number of nitrogen functional groups attached to an aromatic ring is 1. The first-order valence-electron chi connectivity index (χ1n) is 4.82. The zero-order chi connectivity index (χ0) is 11.5. The molecule has 5 heteroatoms. The number of aliphatic hydroxyl groups excluding tert-OH is 2. The lowest BCUT2D eigenvalue weighted by molar-refractivity contribution is 0.0956. The Balaban J connectivity index is 2.25. The number of hydrogen-bond donors (Lipinski definition) is 3. The van der Waals surface area contributed by atoms with Crippen molar-refractivity contribution in [2.45, 2.75) is 6.10 Å². The summed E-state index contributed by atoms with van der Waals surface area (Å²) in [4.78, 5) is 0. The fourth-order valence-corrected chi connectivity index (χ4v) is 1.41. The maximum Gasteiger partial charge on any atom is 0.222 e. The first-order chi connectivity index (χ1) is 7.70. The van der Waals surface area contributed by atoms with Gasteiger partial charge < -0.3 is 20.5 Å². The highest BCUT2D eigenvalue weighted by Gasteiger charge is 2.07. The van der Waals surface area contributed by atoms with Crippen LogP contribution in [0.4, 0.5) is 5.88 Å². The molecule has 0 spiro atoms. The number of nitrogens with zero attached hydrogens (tertiary/aromatic N) is 1. The number of aromatic nitrogens is 1. The van der Waals surface area contributed by atoms with Crippen molar-refractivity contribution >= 4 is 5.88 Å². The third kappa shape index (κ3) is 2.05. The summed E-state index contributed by atoms with van der Waals surface area (Å²) in [5.74, 6) is 0.259. The Morgan fingerprint density at radius 3 is 2.50 bits per heavy atom. The van der Waals surface area contributed by atoms with Crippen molar-refractivity contribution < 1.29 is 14.7 Å². The Bertz CT molecular complexity index is 464. The first-order valence-corrected chi connectivity index (χ1v) is 4.82. The summed E-state index contributed by atoms with van der Waals surface area (Å²) in [6.45, 7) is -0.295. The van der Waals surface area contributed by atoms with E-state index in [1.807, 2.05) is 0 Å². The topological polar surface area (TPSA) is 92.5 Å². The largest absolute Gasteiger partial charge is 0.393 e. The van der Waals surface area contributed by atoms with Crippen molar-refractivity contribution in [1.29, 1.82) is 0 Å². The third-order valence-electron chi connectivity index (χ3n) is 2.29. The van der Waals surface area contributed by atoms with Crippen molar-refractivity contribution in [2.24, 2.45) is 0 Å². The van der Waals surface area contributed by atoms with E-state index in [9.17, 15) is 5.11 Å². The molecule has 0 bridgehead atoms. The van der Waals surface area contributed by atoms with Gasteiger partial charge >= 0.3 is 0 Å². The third-order valence-corrected chi connectivity index (χ3v) is 2.29. The molecule has 0 amide bonds. The lowest BCUT2D eigenvalue weighted by Gasteiger charge is -2.07. The van der Waals surface area contributed by atoms with Crippen LogP contribution in [-0.4, -0.2) is 22.0 Å². The van der Waals surface area contributed by atoms with Gasteiger partial charge in [0.15, 0.2) is 0 Å². The summed E-state index contributed by atoms with van der Waals surface area (Å²) in [5, 5.41) is 21.9. The fraction of sp³-hybridized carbons (Fsp3) is 0.182. The van der Waals surface area contributed by atoms with Crippen molar-refractivity contribution in [3.05, 3.63) is 35.9 Å². The van der Waals surface area contributed by atoms with E-state index in [2.05, 4.69) is 5.16 Å². The van der Waals surface area contributed by atoms with Gasteiger partial charge in [0.05, 0.1) is 6.61 Å². The fourth-order valence-electron chi connectivity index (χ4n) is 1.41. The maximum absolute atomic E-state index is 9.39. The molecule has 0 saturated heterocycles. The molecule has 1 aromatic carbocycles. The van der Waals surface area contributed by atoms with Crippen LogP contribution in [-0.2, 0) is 0 Å². The predicted molar refractivity (Wildman–Crippen MR) is 58.4 cm³/mol. The van der Waals surface area contributed by atoms with Gasteiger partial charge in [0.1, 0.15) is 11.8 Å². The van der Waals surface area contributed by atoms with Gasteiger partial charge in [-0.3, -0.25) is 0 Å². The molecule has 1 aromatic heterocycles. The molecule has 2 rings (SSSR count). The molecule has 0 fully saturated rings. The number of aliphatic hydroxyl groups is 2. The summed E-state index contributed by atoms with van der Waals surface area (Å²) >= 11 is 0. The average molecular weight is 220 g/mol. The van der Waals surface area contributed by atoms with E-state index in [4.69, 9.17) is 15.4 Å². The summed E-state index contributed by atoms with van der Waals surface area (Å²) in [7, 11) is 0. The highest BCUT2D eigenvalue weighted by molar-refractivity contribution is 5.61. The quantitative estimate of drug-likeness (QED) is 0.716. The van der Waals surface area contributed by atoms with Crippen molar-refractivity contribution in [3.8, 4) is 11.3 Å². The van der Waals surface area contributed by atoms with Gasteiger partial charge in [-0.1, -0.05) is 29.4 Å². The van der Waals surface area contributed by atoms with E-state index in [1.165, 1.54) is 0 Å². The van der Waals surface area contributed by atoms with Crippen molar-refractivity contribution in [3.63, 3.8) is 0 Å². The highest BCUT2D eigenvalue weighted by atomic mass is 16.5. The molecule has 0 aliphatic rings. The average Bonchev–Trinajstić information content (AvgIpc) is 2.75. The Labute approximate surface area is 92.1 Å². The van der Waals surface area contributed by atoms with Crippen LogP contribution in [0.2, 0.25) is 0 Å². The van der Waals surface area contributed by atoms with Crippen molar-refractivity contribution in [2.75, 3.05) is 12.3 Å². The second kappa shape index (κ2) is 4.34. The summed E-state index contributed by atoms with van der Waals surface area (Å²) in [6.07, 6.45) is -0.851. The molecule has 0 aliphatic heterocycles. The van der Waals surface area contributed by atoms with Crippen LogP contribution in [0.1, 0.15) is 11.7 Å². The summed E-state index contributed by atoms with van der Waals surface area (Å²) in [6, 6.07) is 8.64. The molecule has 0 aliphatic carbocycles. The van der Waals surface area contributed by atoms with E-state index in [0.717, 1.165) is 5.56 Å². The van der Waals surface area contributed by atoms with Gasteiger partial charge in [0.25, 0.3) is 0 Å². The number of hydrogen-bond acceptors (Lipinski definition) is 5. The zero-order valence-electron chi connectivity index (χ0n) is 8.50. The molecule has 2 aromatic rings. The monoisotopic (exact) mass is 220 g/mol. The molecule has 0 radical (unpaired) electrons. The predicted octanol–water partition coefficient (Wildman–Crippen LogP) is 0.950. The Morgan fingerprint density at radius 1 is 1.31 bits per heavy atom. The van der Waals surface area contributed by atoms with Gasteiger partial charge in [-0.2, -0.15) is 0 Å². The molecule has 0 saturated carbocycles. The molecule has 1 unspecified atom stereocenters. The molecular weight excluding hydrogens is 208 g/mol. The number of benzene rings is 1. The minimum absolute atomic E-state index is 0.259. The Kier molecular flexibility index (Phi) is 2.89. The Hall–Kier alpha value is -1.85. The first kappa shape index (κ1) is 10.7. The minimum atomic E-state index is -0.851. The van der Waals surface area contributed by atoms with Gasteiger partial charge in [-0.25, -0.2) is 0 Å². The van der Waals surface area contributed by atoms with Crippen LogP contribution in [0, 0.1) is 0 Å². The molecule has 1 atom stereocenters. The van der Waals surface area contributed by atoms with Crippen LogP contribution in [0.15, 0.2) is 34.9 Å². The summed E-state index contributed by atoms with van der Waals surface area (Å²) < 4.78 is 4.76. The lowest BCUT2D eigenvalue weighted by atomic mass is 10.1. The number of nitrogens with two attached hydrogens (primary N) is 1. The van der Waals surface area contributed by atoms with E-state index < -0.39 is 6.10 Å². The molecule has 84 valence electrons. The molecule has 5 nitrogen and oxygen atoms in total. The van der Waals surface area contributed by atoms with Crippen LogP contribution in [0.25, 0.3) is 11.3 Å². The Morgan fingerprint density at radius 2 is 2.00 bits per heavy atom. The van der Waals surface area contributed by atoms with Gasteiger partial charge in [0, 0.05) is 11.6 Å². The van der Waals surface area contributed by atoms with E-state index in [1.54, 1.807) is 30.3 Å². The van der Waals surface area contributed by atoms with Crippen LogP contribution in [0.5, 0.6) is 0 Å². The van der Waals surface area contributed by atoms with Crippen LogP contribution >= 0.6 is 0 Å². The molecule has 16 heavy (non-hydrogen) atoms. The maximum atomic E-state index is 9.39. The lowest BCUT2D eigenvalue weighted by Crippen LogP contribution is -2.01. The molecular formula is C11H12N2O3.